The molecule has 26 heavy (non-hydrogen) atoms. The van der Waals surface area contributed by atoms with Crippen LogP contribution in [0.15, 0.2) is 30.3 Å². The lowest BCUT2D eigenvalue weighted by molar-refractivity contribution is -0.130. The van der Waals surface area contributed by atoms with Crippen LogP contribution in [-0.2, 0) is 11.3 Å². The van der Waals surface area contributed by atoms with E-state index < -0.39 is 6.10 Å². The summed E-state index contributed by atoms with van der Waals surface area (Å²) in [6.07, 6.45) is 4.44. The van der Waals surface area contributed by atoms with Crippen molar-refractivity contribution in [2.24, 2.45) is 0 Å². The molecule has 2 aromatic rings. The third-order valence-electron chi connectivity index (χ3n) is 5.25. The predicted octanol–water partition coefficient (Wildman–Crippen LogP) is 2.59. The standard InChI is InChI=1S/C20H23N3O3/c24-20(19-12-25-17-3-1-2-4-18(17)26-19)21-9-10-23-16(14-7-8-14)11-15(22-23)13-5-6-13/h1-4,11,13-14,19H,5-10,12H2,(H,21,24). The Labute approximate surface area is 152 Å². The minimum atomic E-state index is -0.604. The van der Waals surface area contributed by atoms with Gasteiger partial charge in [0, 0.05) is 24.1 Å². The van der Waals surface area contributed by atoms with Crippen LogP contribution in [0.5, 0.6) is 11.5 Å². The maximum atomic E-state index is 12.4. The van der Waals surface area contributed by atoms with E-state index in [4.69, 9.17) is 14.6 Å². The third kappa shape index (κ3) is 3.16. The van der Waals surface area contributed by atoms with Crippen molar-refractivity contribution in [2.45, 2.75) is 50.2 Å². The maximum absolute atomic E-state index is 12.4. The highest BCUT2D eigenvalue weighted by atomic mass is 16.6. The minimum absolute atomic E-state index is 0.137. The van der Waals surface area contributed by atoms with Crippen molar-refractivity contribution in [3.8, 4) is 11.5 Å². The molecule has 2 aliphatic carbocycles. The molecule has 0 radical (unpaired) electrons. The molecule has 3 aliphatic rings. The number of ether oxygens (including phenoxy) is 2. The van der Waals surface area contributed by atoms with Crippen LogP contribution in [-0.4, -0.2) is 34.9 Å². The molecule has 5 rings (SSSR count). The molecule has 1 aromatic carbocycles. The molecule has 2 heterocycles. The summed E-state index contributed by atoms with van der Waals surface area (Å²) in [6.45, 7) is 1.49. The number of benzene rings is 1. The molecule has 1 N–H and O–H groups in total. The molecule has 1 unspecified atom stereocenters. The molecule has 1 aromatic heterocycles. The Hall–Kier alpha value is -2.50. The molecule has 2 saturated carbocycles. The lowest BCUT2D eigenvalue weighted by atomic mass is 10.2. The van der Waals surface area contributed by atoms with Gasteiger partial charge in [-0.25, -0.2) is 0 Å². The van der Waals surface area contributed by atoms with Gasteiger partial charge >= 0.3 is 0 Å². The summed E-state index contributed by atoms with van der Waals surface area (Å²) in [6, 6.07) is 9.71. The number of para-hydroxylation sites is 2. The second kappa shape index (κ2) is 6.34. The highest BCUT2D eigenvalue weighted by Gasteiger charge is 2.32. The fraction of sp³-hybridized carbons (Fsp3) is 0.500. The van der Waals surface area contributed by atoms with Crippen molar-refractivity contribution in [2.75, 3.05) is 13.2 Å². The number of carbonyl (C=O) groups excluding carboxylic acids is 1. The molecule has 6 nitrogen and oxygen atoms in total. The first kappa shape index (κ1) is 15.7. The number of hydrogen-bond acceptors (Lipinski definition) is 4. The lowest BCUT2D eigenvalue weighted by Gasteiger charge is -2.25. The highest BCUT2D eigenvalue weighted by Crippen LogP contribution is 2.44. The van der Waals surface area contributed by atoms with Crippen molar-refractivity contribution in [3.63, 3.8) is 0 Å². The summed E-state index contributed by atoms with van der Waals surface area (Å²) in [5, 5.41) is 7.75. The van der Waals surface area contributed by atoms with Crippen molar-refractivity contribution in [1.82, 2.24) is 15.1 Å². The van der Waals surface area contributed by atoms with E-state index in [1.807, 2.05) is 24.3 Å². The van der Waals surface area contributed by atoms with Gasteiger partial charge in [0.1, 0.15) is 6.61 Å². The van der Waals surface area contributed by atoms with Gasteiger partial charge < -0.3 is 14.8 Å². The smallest absolute Gasteiger partial charge is 0.264 e. The van der Waals surface area contributed by atoms with Gasteiger partial charge in [0.15, 0.2) is 11.5 Å². The fourth-order valence-electron chi connectivity index (χ4n) is 3.46. The van der Waals surface area contributed by atoms with Gasteiger partial charge in [0.25, 0.3) is 5.91 Å². The molecular weight excluding hydrogens is 330 g/mol. The van der Waals surface area contributed by atoms with Crippen LogP contribution < -0.4 is 14.8 Å². The van der Waals surface area contributed by atoms with Crippen molar-refractivity contribution >= 4 is 5.91 Å². The topological polar surface area (TPSA) is 65.4 Å². The van der Waals surface area contributed by atoms with Gasteiger partial charge in [-0.15, -0.1) is 0 Å². The van der Waals surface area contributed by atoms with Crippen molar-refractivity contribution in [1.29, 1.82) is 0 Å². The Balaban J connectivity index is 1.18. The Kier molecular flexibility index (Phi) is 3.84. The molecule has 0 bridgehead atoms. The summed E-state index contributed by atoms with van der Waals surface area (Å²) in [5.74, 6) is 2.50. The number of rotatable bonds is 6. The van der Waals surface area contributed by atoms with E-state index in [9.17, 15) is 4.79 Å². The van der Waals surface area contributed by atoms with Crippen LogP contribution in [0.3, 0.4) is 0 Å². The first-order valence-electron chi connectivity index (χ1n) is 9.52. The summed E-state index contributed by atoms with van der Waals surface area (Å²) in [4.78, 5) is 12.4. The summed E-state index contributed by atoms with van der Waals surface area (Å²) in [7, 11) is 0. The number of fused-ring (bicyclic) bond motifs is 1. The average Bonchev–Trinajstić information content (AvgIpc) is 3.60. The molecule has 1 atom stereocenters. The Bertz CT molecular complexity index is 823. The number of carbonyl (C=O) groups is 1. The maximum Gasteiger partial charge on any atom is 0.264 e. The molecule has 1 amide bonds. The van der Waals surface area contributed by atoms with Crippen LogP contribution in [0, 0.1) is 0 Å². The summed E-state index contributed by atoms with van der Waals surface area (Å²) < 4.78 is 13.5. The van der Waals surface area contributed by atoms with Gasteiger partial charge in [-0.2, -0.15) is 5.10 Å². The largest absolute Gasteiger partial charge is 0.485 e. The zero-order valence-electron chi connectivity index (χ0n) is 14.7. The van der Waals surface area contributed by atoms with Crippen molar-refractivity contribution in [3.05, 3.63) is 41.7 Å². The molecular formula is C20H23N3O3. The molecule has 0 saturated heterocycles. The molecule has 136 valence electrons. The first-order valence-corrected chi connectivity index (χ1v) is 9.52. The Morgan fingerprint density at radius 2 is 1.92 bits per heavy atom. The summed E-state index contributed by atoms with van der Waals surface area (Å²) in [5.41, 5.74) is 2.58. The van der Waals surface area contributed by atoms with E-state index in [0.29, 0.717) is 36.4 Å². The number of aromatic nitrogens is 2. The van der Waals surface area contributed by atoms with E-state index in [-0.39, 0.29) is 12.5 Å². The first-order chi connectivity index (χ1) is 12.8. The number of hydrogen-bond donors (Lipinski definition) is 1. The zero-order valence-corrected chi connectivity index (χ0v) is 14.7. The van der Waals surface area contributed by atoms with Gasteiger partial charge in [-0.1, -0.05) is 12.1 Å². The lowest BCUT2D eigenvalue weighted by Crippen LogP contribution is -2.44. The van der Waals surface area contributed by atoms with Gasteiger partial charge in [0.05, 0.1) is 12.2 Å². The summed E-state index contributed by atoms with van der Waals surface area (Å²) >= 11 is 0. The van der Waals surface area contributed by atoms with Gasteiger partial charge in [-0.3, -0.25) is 9.48 Å². The van der Waals surface area contributed by atoms with Crippen LogP contribution in [0.2, 0.25) is 0 Å². The van der Waals surface area contributed by atoms with Crippen molar-refractivity contribution < 1.29 is 14.3 Å². The van der Waals surface area contributed by atoms with Crippen LogP contribution >= 0.6 is 0 Å². The predicted molar refractivity (Wildman–Crippen MR) is 95.5 cm³/mol. The third-order valence-corrected chi connectivity index (χ3v) is 5.25. The Morgan fingerprint density at radius 1 is 1.15 bits per heavy atom. The monoisotopic (exact) mass is 353 g/mol. The second-order valence-electron chi connectivity index (χ2n) is 7.42. The second-order valence-corrected chi connectivity index (χ2v) is 7.42. The van der Waals surface area contributed by atoms with E-state index in [1.54, 1.807) is 0 Å². The van der Waals surface area contributed by atoms with E-state index >= 15 is 0 Å². The van der Waals surface area contributed by atoms with Crippen LogP contribution in [0.25, 0.3) is 0 Å². The Morgan fingerprint density at radius 3 is 2.69 bits per heavy atom. The fourth-order valence-corrected chi connectivity index (χ4v) is 3.46. The minimum Gasteiger partial charge on any atom is -0.485 e. The number of amides is 1. The quantitative estimate of drug-likeness (QED) is 0.867. The van der Waals surface area contributed by atoms with Crippen LogP contribution in [0.1, 0.15) is 48.9 Å². The molecule has 2 fully saturated rings. The van der Waals surface area contributed by atoms with Crippen LogP contribution in [0.4, 0.5) is 0 Å². The zero-order chi connectivity index (χ0) is 17.5. The molecule has 6 heteroatoms. The molecule has 0 spiro atoms. The van der Waals surface area contributed by atoms with Gasteiger partial charge in [-0.05, 0) is 43.9 Å². The SMILES string of the molecule is O=C(NCCn1nc(C2CC2)cc1C1CC1)C1COc2ccccc2O1. The van der Waals surface area contributed by atoms with Gasteiger partial charge in [0.2, 0.25) is 6.10 Å². The number of nitrogens with one attached hydrogen (secondary N) is 1. The van der Waals surface area contributed by atoms with E-state index in [2.05, 4.69) is 16.1 Å². The number of nitrogens with zero attached hydrogens (tertiary/aromatic N) is 2. The highest BCUT2D eigenvalue weighted by molar-refractivity contribution is 5.81. The molecule has 1 aliphatic heterocycles. The normalized spacial score (nSPS) is 21.5. The van der Waals surface area contributed by atoms with E-state index in [0.717, 1.165) is 0 Å². The van der Waals surface area contributed by atoms with E-state index in [1.165, 1.54) is 37.1 Å². The average molecular weight is 353 g/mol.